The number of carbonyl (C=O) groups is 1. The van der Waals surface area contributed by atoms with Gasteiger partial charge in [0.25, 0.3) is 5.91 Å². The standard InChI is InChI=1S/C22H21F3N2O4S/c23-22(24,25)15-2-1-3-16(11-15)31-20-19-14-5-4-13(10-14)18(19)17(12-26-20)21(28)27-6-8-32(29,30)9-7-27/h1-3,11-14H,4-10H2/t13-,14?/m0/s1. The summed E-state index contributed by atoms with van der Waals surface area (Å²) in [4.78, 5) is 19.1. The Morgan fingerprint density at radius 2 is 1.78 bits per heavy atom. The van der Waals surface area contributed by atoms with Gasteiger partial charge in [0.1, 0.15) is 5.75 Å². The van der Waals surface area contributed by atoms with Crippen molar-refractivity contribution in [2.45, 2.75) is 37.3 Å². The van der Waals surface area contributed by atoms with Crippen molar-refractivity contribution in [3.63, 3.8) is 0 Å². The number of pyridine rings is 1. The van der Waals surface area contributed by atoms with E-state index in [1.165, 1.54) is 23.2 Å². The zero-order chi connectivity index (χ0) is 22.7. The van der Waals surface area contributed by atoms with Crippen LogP contribution in [0.3, 0.4) is 0 Å². The van der Waals surface area contributed by atoms with E-state index >= 15 is 0 Å². The van der Waals surface area contributed by atoms with E-state index in [1.54, 1.807) is 0 Å². The SMILES string of the molecule is O=C(c1cnc(Oc2cccc(C(F)(F)F)c2)c2c1[C@H]1CCC2C1)N1CCS(=O)(=O)CC1. The predicted octanol–water partition coefficient (Wildman–Crippen LogP) is 4.13. The summed E-state index contributed by atoms with van der Waals surface area (Å²) in [5.74, 6) is 0.241. The molecule has 2 bridgehead atoms. The molecule has 5 rings (SSSR count). The van der Waals surface area contributed by atoms with E-state index in [0.717, 1.165) is 42.5 Å². The summed E-state index contributed by atoms with van der Waals surface area (Å²) < 4.78 is 68.4. The molecule has 0 spiro atoms. The summed E-state index contributed by atoms with van der Waals surface area (Å²) in [5.41, 5.74) is 1.30. The molecule has 3 aliphatic rings. The van der Waals surface area contributed by atoms with Gasteiger partial charge in [0.2, 0.25) is 5.88 Å². The molecule has 2 atom stereocenters. The molecule has 1 aromatic heterocycles. The molecule has 0 N–H and O–H groups in total. The molecule has 170 valence electrons. The lowest BCUT2D eigenvalue weighted by atomic mass is 9.89. The maximum atomic E-state index is 13.2. The number of halogens is 3. The average molecular weight is 466 g/mol. The Morgan fingerprint density at radius 1 is 1.09 bits per heavy atom. The van der Waals surface area contributed by atoms with E-state index in [4.69, 9.17) is 4.74 Å². The van der Waals surface area contributed by atoms with Crippen LogP contribution in [-0.4, -0.2) is 48.8 Å². The van der Waals surface area contributed by atoms with Crippen molar-refractivity contribution < 1.29 is 31.1 Å². The Labute approximate surface area is 183 Å². The second-order valence-corrected chi connectivity index (χ2v) is 10.9. The first-order chi connectivity index (χ1) is 15.1. The lowest BCUT2D eigenvalue weighted by Crippen LogP contribution is -2.44. The summed E-state index contributed by atoms with van der Waals surface area (Å²) in [6, 6.07) is 4.65. The van der Waals surface area contributed by atoms with Crippen LogP contribution in [0.1, 0.15) is 58.1 Å². The van der Waals surface area contributed by atoms with Gasteiger partial charge in [-0.2, -0.15) is 13.2 Å². The number of nitrogens with zero attached hydrogens (tertiary/aromatic N) is 2. The Kier molecular flexibility index (Phi) is 4.96. The minimum atomic E-state index is -4.48. The third-order valence-electron chi connectivity index (χ3n) is 6.61. The summed E-state index contributed by atoms with van der Waals surface area (Å²) in [7, 11) is -3.12. The maximum Gasteiger partial charge on any atom is 0.416 e. The van der Waals surface area contributed by atoms with Crippen LogP contribution in [0.4, 0.5) is 13.2 Å². The van der Waals surface area contributed by atoms with Gasteiger partial charge in [-0.05, 0) is 54.9 Å². The monoisotopic (exact) mass is 466 g/mol. The third-order valence-corrected chi connectivity index (χ3v) is 8.22. The highest BCUT2D eigenvalue weighted by atomic mass is 32.2. The van der Waals surface area contributed by atoms with Crippen molar-refractivity contribution >= 4 is 15.7 Å². The van der Waals surface area contributed by atoms with Crippen molar-refractivity contribution in [3.05, 3.63) is 52.7 Å². The van der Waals surface area contributed by atoms with E-state index in [1.807, 2.05) is 0 Å². The van der Waals surface area contributed by atoms with E-state index in [9.17, 15) is 26.4 Å². The van der Waals surface area contributed by atoms with Gasteiger partial charge in [-0.25, -0.2) is 13.4 Å². The molecule has 1 aromatic carbocycles. The number of alkyl halides is 3. The highest BCUT2D eigenvalue weighted by Gasteiger charge is 2.43. The van der Waals surface area contributed by atoms with Crippen molar-refractivity contribution in [2.24, 2.45) is 0 Å². The van der Waals surface area contributed by atoms with Crippen LogP contribution in [0.2, 0.25) is 0 Å². The lowest BCUT2D eigenvalue weighted by molar-refractivity contribution is -0.137. The number of ether oxygens (including phenoxy) is 1. The van der Waals surface area contributed by atoms with Gasteiger partial charge in [0.05, 0.1) is 22.6 Å². The van der Waals surface area contributed by atoms with Crippen LogP contribution in [0.15, 0.2) is 30.5 Å². The predicted molar refractivity (Wildman–Crippen MR) is 110 cm³/mol. The van der Waals surface area contributed by atoms with E-state index < -0.39 is 21.6 Å². The molecule has 0 radical (unpaired) electrons. The molecule has 2 heterocycles. The van der Waals surface area contributed by atoms with Crippen molar-refractivity contribution in [1.82, 2.24) is 9.88 Å². The van der Waals surface area contributed by atoms with E-state index in [2.05, 4.69) is 4.98 Å². The Bertz CT molecular complexity index is 1180. The van der Waals surface area contributed by atoms with Crippen molar-refractivity contribution in [1.29, 1.82) is 0 Å². The van der Waals surface area contributed by atoms with Gasteiger partial charge in [-0.1, -0.05) is 6.07 Å². The number of amides is 1. The number of hydrogen-bond acceptors (Lipinski definition) is 5. The van der Waals surface area contributed by atoms with Gasteiger partial charge in [-0.15, -0.1) is 0 Å². The number of fused-ring (bicyclic) bond motifs is 5. The van der Waals surface area contributed by atoms with Crippen LogP contribution in [-0.2, 0) is 16.0 Å². The molecule has 10 heteroatoms. The Morgan fingerprint density at radius 3 is 2.47 bits per heavy atom. The summed E-state index contributed by atoms with van der Waals surface area (Å²) in [6.45, 7) is 0.291. The molecule has 2 aromatic rings. The van der Waals surface area contributed by atoms with Crippen molar-refractivity contribution in [3.8, 4) is 11.6 Å². The summed E-state index contributed by atoms with van der Waals surface area (Å²) in [5, 5.41) is 0. The van der Waals surface area contributed by atoms with Crippen molar-refractivity contribution in [2.75, 3.05) is 24.6 Å². The zero-order valence-corrected chi connectivity index (χ0v) is 17.9. The highest BCUT2D eigenvalue weighted by Crippen LogP contribution is 2.57. The summed E-state index contributed by atoms with van der Waals surface area (Å²) >= 11 is 0. The Hall–Kier alpha value is -2.62. The van der Waals surface area contributed by atoms with Gasteiger partial charge in [0, 0.05) is 24.8 Å². The minimum absolute atomic E-state index is 0.0395. The van der Waals surface area contributed by atoms with Gasteiger partial charge < -0.3 is 9.64 Å². The molecule has 1 saturated heterocycles. The molecule has 1 aliphatic heterocycles. The molecule has 32 heavy (non-hydrogen) atoms. The highest BCUT2D eigenvalue weighted by molar-refractivity contribution is 7.91. The van der Waals surface area contributed by atoms with Crippen LogP contribution >= 0.6 is 0 Å². The van der Waals surface area contributed by atoms with Crippen LogP contribution < -0.4 is 4.74 Å². The molecule has 1 unspecified atom stereocenters. The first-order valence-electron chi connectivity index (χ1n) is 10.5. The molecule has 1 saturated carbocycles. The van der Waals surface area contributed by atoms with Crippen LogP contribution in [0.5, 0.6) is 11.6 Å². The first-order valence-corrected chi connectivity index (χ1v) is 12.3. The number of hydrogen-bond donors (Lipinski definition) is 0. The smallest absolute Gasteiger partial charge is 0.416 e. The average Bonchev–Trinajstić information content (AvgIpc) is 3.36. The molecular formula is C22H21F3N2O4S. The molecule has 6 nitrogen and oxygen atoms in total. The number of rotatable bonds is 3. The van der Waals surface area contributed by atoms with E-state index in [-0.39, 0.29) is 54.0 Å². The number of aromatic nitrogens is 1. The molecule has 2 fully saturated rings. The van der Waals surface area contributed by atoms with E-state index in [0.29, 0.717) is 5.56 Å². The zero-order valence-electron chi connectivity index (χ0n) is 17.1. The first kappa shape index (κ1) is 21.2. The van der Waals surface area contributed by atoms with Gasteiger partial charge in [-0.3, -0.25) is 4.79 Å². The van der Waals surface area contributed by atoms with Crippen LogP contribution in [0.25, 0.3) is 0 Å². The number of sulfone groups is 1. The fourth-order valence-electron chi connectivity index (χ4n) is 5.05. The van der Waals surface area contributed by atoms with Crippen LogP contribution in [0, 0.1) is 0 Å². The fourth-order valence-corrected chi connectivity index (χ4v) is 6.25. The van der Waals surface area contributed by atoms with Gasteiger partial charge in [0.15, 0.2) is 9.84 Å². The van der Waals surface area contributed by atoms with Gasteiger partial charge >= 0.3 is 6.18 Å². The molecule has 1 amide bonds. The Balaban J connectivity index is 1.48. The largest absolute Gasteiger partial charge is 0.439 e. The number of benzene rings is 1. The lowest BCUT2D eigenvalue weighted by Gasteiger charge is -2.29. The second kappa shape index (κ2) is 7.47. The summed E-state index contributed by atoms with van der Waals surface area (Å²) in [6.07, 6.45) is -0.355. The molecular weight excluding hydrogens is 445 g/mol. The quantitative estimate of drug-likeness (QED) is 0.680. The normalized spacial score (nSPS) is 23.8. The number of carbonyl (C=O) groups excluding carboxylic acids is 1. The second-order valence-electron chi connectivity index (χ2n) is 8.58. The topological polar surface area (TPSA) is 76.6 Å². The maximum absolute atomic E-state index is 13.2. The fraction of sp³-hybridized carbons (Fsp3) is 0.455. The third kappa shape index (κ3) is 3.74. The molecule has 2 aliphatic carbocycles. The minimum Gasteiger partial charge on any atom is -0.439 e.